The van der Waals surface area contributed by atoms with Gasteiger partial charge in [0.25, 0.3) is 0 Å². The van der Waals surface area contributed by atoms with Gasteiger partial charge in [-0.3, -0.25) is 9.48 Å². The van der Waals surface area contributed by atoms with Gasteiger partial charge in [0.05, 0.1) is 12.1 Å². The van der Waals surface area contributed by atoms with E-state index in [9.17, 15) is 4.79 Å². The van der Waals surface area contributed by atoms with Gasteiger partial charge in [0, 0.05) is 23.5 Å². The van der Waals surface area contributed by atoms with Crippen LogP contribution in [0.5, 0.6) is 0 Å². The van der Waals surface area contributed by atoms with Crippen molar-refractivity contribution >= 4 is 11.5 Å². The molecular formula is C16H21N3O. The number of hydrogen-bond donors (Lipinski definition) is 1. The third-order valence-electron chi connectivity index (χ3n) is 3.72. The van der Waals surface area contributed by atoms with E-state index in [-0.39, 0.29) is 5.78 Å². The summed E-state index contributed by atoms with van der Waals surface area (Å²) in [6, 6.07) is 7.70. The highest BCUT2D eigenvalue weighted by Crippen LogP contribution is 2.18. The number of carbonyl (C=O) groups excluding carboxylic acids is 1. The van der Waals surface area contributed by atoms with Gasteiger partial charge in [-0.05, 0) is 38.0 Å². The highest BCUT2D eigenvalue weighted by molar-refractivity contribution is 5.99. The van der Waals surface area contributed by atoms with Gasteiger partial charge in [-0.15, -0.1) is 0 Å². The zero-order valence-corrected chi connectivity index (χ0v) is 12.3. The molecule has 0 spiro atoms. The first-order valence-corrected chi connectivity index (χ1v) is 6.95. The molecule has 0 saturated heterocycles. The molecule has 0 aliphatic carbocycles. The van der Waals surface area contributed by atoms with E-state index >= 15 is 0 Å². The fourth-order valence-electron chi connectivity index (χ4n) is 2.12. The quantitative estimate of drug-likeness (QED) is 0.671. The number of nitrogens with zero attached hydrogens (tertiary/aromatic N) is 2. The van der Waals surface area contributed by atoms with Crippen LogP contribution in [0.3, 0.4) is 0 Å². The van der Waals surface area contributed by atoms with Crippen molar-refractivity contribution in [2.45, 2.75) is 39.7 Å². The Bertz CT molecular complexity index is 616. The number of nitrogens with two attached hydrogens (primary N) is 1. The van der Waals surface area contributed by atoms with Gasteiger partial charge in [-0.25, -0.2) is 0 Å². The van der Waals surface area contributed by atoms with E-state index in [1.165, 1.54) is 0 Å². The van der Waals surface area contributed by atoms with Gasteiger partial charge < -0.3 is 5.73 Å². The number of rotatable bonds is 5. The number of anilines is 1. The molecular weight excluding hydrogens is 250 g/mol. The second-order valence-corrected chi connectivity index (χ2v) is 5.16. The molecule has 2 aromatic rings. The second-order valence-electron chi connectivity index (χ2n) is 5.16. The summed E-state index contributed by atoms with van der Waals surface area (Å²) in [5.74, 6) is 0.0594. The molecule has 1 atom stereocenters. The Morgan fingerprint density at radius 2 is 2.15 bits per heavy atom. The van der Waals surface area contributed by atoms with Crippen LogP contribution in [0.15, 0.2) is 30.5 Å². The highest BCUT2D eigenvalue weighted by Gasteiger charge is 2.13. The van der Waals surface area contributed by atoms with Crippen molar-refractivity contribution in [2.75, 3.05) is 5.73 Å². The number of carbonyl (C=O) groups is 1. The SMILES string of the molecule is CCC(C)n1ccc(CC(=O)c2cccc(N)c2C)n1. The maximum Gasteiger partial charge on any atom is 0.169 e. The Morgan fingerprint density at radius 3 is 2.85 bits per heavy atom. The van der Waals surface area contributed by atoms with Crippen LogP contribution in [0.4, 0.5) is 5.69 Å². The van der Waals surface area contributed by atoms with Gasteiger partial charge in [-0.2, -0.15) is 5.10 Å². The molecule has 1 unspecified atom stereocenters. The smallest absolute Gasteiger partial charge is 0.169 e. The van der Waals surface area contributed by atoms with Crippen LogP contribution in [0, 0.1) is 6.92 Å². The Morgan fingerprint density at radius 1 is 1.40 bits per heavy atom. The topological polar surface area (TPSA) is 60.9 Å². The molecule has 2 N–H and O–H groups in total. The van der Waals surface area contributed by atoms with Crippen LogP contribution in [0.25, 0.3) is 0 Å². The Hall–Kier alpha value is -2.10. The third-order valence-corrected chi connectivity index (χ3v) is 3.72. The highest BCUT2D eigenvalue weighted by atomic mass is 16.1. The fourth-order valence-corrected chi connectivity index (χ4v) is 2.12. The van der Waals surface area contributed by atoms with Gasteiger partial charge in [-0.1, -0.05) is 19.1 Å². The number of aromatic nitrogens is 2. The van der Waals surface area contributed by atoms with Crippen molar-refractivity contribution in [3.63, 3.8) is 0 Å². The lowest BCUT2D eigenvalue weighted by molar-refractivity contribution is 0.0991. The maximum absolute atomic E-state index is 12.3. The van der Waals surface area contributed by atoms with Gasteiger partial charge >= 0.3 is 0 Å². The van der Waals surface area contributed by atoms with Gasteiger partial charge in [0.1, 0.15) is 0 Å². The van der Waals surface area contributed by atoms with Crippen LogP contribution < -0.4 is 5.73 Å². The number of hydrogen-bond acceptors (Lipinski definition) is 3. The predicted octanol–water partition coefficient (Wildman–Crippen LogP) is 3.17. The first-order valence-electron chi connectivity index (χ1n) is 6.95. The molecule has 1 aromatic heterocycles. The lowest BCUT2D eigenvalue weighted by Gasteiger charge is -2.08. The molecule has 106 valence electrons. The van der Waals surface area contributed by atoms with Crippen molar-refractivity contribution in [3.8, 4) is 0 Å². The molecule has 0 saturated carbocycles. The largest absolute Gasteiger partial charge is 0.398 e. The van der Waals surface area contributed by atoms with Crippen LogP contribution >= 0.6 is 0 Å². The average molecular weight is 271 g/mol. The summed E-state index contributed by atoms with van der Waals surface area (Å²) in [6.45, 7) is 6.11. The summed E-state index contributed by atoms with van der Waals surface area (Å²) in [6.07, 6.45) is 3.26. The lowest BCUT2D eigenvalue weighted by atomic mass is 10.0. The molecule has 4 nitrogen and oxygen atoms in total. The van der Waals surface area contributed by atoms with E-state index < -0.39 is 0 Å². The standard InChI is InChI=1S/C16H21N3O/c1-4-11(2)19-9-8-13(18-19)10-16(20)14-6-5-7-15(17)12(14)3/h5-9,11H,4,10,17H2,1-3H3. The zero-order valence-electron chi connectivity index (χ0n) is 12.3. The van der Waals surface area contributed by atoms with E-state index in [0.29, 0.717) is 23.7 Å². The summed E-state index contributed by atoms with van der Waals surface area (Å²) >= 11 is 0. The molecule has 0 amide bonds. The van der Waals surface area contributed by atoms with E-state index in [0.717, 1.165) is 17.7 Å². The van der Waals surface area contributed by atoms with Crippen molar-refractivity contribution in [1.29, 1.82) is 0 Å². The lowest BCUT2D eigenvalue weighted by Crippen LogP contribution is -2.09. The first-order chi connectivity index (χ1) is 9.52. The summed E-state index contributed by atoms with van der Waals surface area (Å²) in [5.41, 5.74) is 8.83. The van der Waals surface area contributed by atoms with E-state index in [1.54, 1.807) is 0 Å². The van der Waals surface area contributed by atoms with Gasteiger partial charge in [0.15, 0.2) is 5.78 Å². The van der Waals surface area contributed by atoms with E-state index in [1.807, 2.05) is 42.1 Å². The minimum Gasteiger partial charge on any atom is -0.398 e. The molecule has 0 radical (unpaired) electrons. The monoisotopic (exact) mass is 271 g/mol. The summed E-state index contributed by atoms with van der Waals surface area (Å²) < 4.78 is 1.91. The number of Topliss-reactive ketones (excluding diaryl/α,β-unsaturated/α-hetero) is 1. The van der Waals surface area contributed by atoms with Crippen molar-refractivity contribution in [2.24, 2.45) is 0 Å². The zero-order chi connectivity index (χ0) is 14.7. The summed E-state index contributed by atoms with van der Waals surface area (Å²) in [7, 11) is 0. The van der Waals surface area contributed by atoms with Crippen LogP contribution in [-0.2, 0) is 6.42 Å². The molecule has 4 heteroatoms. The summed E-state index contributed by atoms with van der Waals surface area (Å²) in [4.78, 5) is 12.3. The average Bonchev–Trinajstić information content (AvgIpc) is 2.89. The second kappa shape index (κ2) is 5.90. The van der Waals surface area contributed by atoms with Crippen LogP contribution in [-0.4, -0.2) is 15.6 Å². The first kappa shape index (κ1) is 14.3. The van der Waals surface area contributed by atoms with E-state index in [2.05, 4.69) is 18.9 Å². The minimum absolute atomic E-state index is 0.0594. The number of ketones is 1. The maximum atomic E-state index is 12.3. The molecule has 0 aliphatic rings. The molecule has 1 heterocycles. The predicted molar refractivity (Wildman–Crippen MR) is 80.9 cm³/mol. The van der Waals surface area contributed by atoms with Crippen molar-refractivity contribution in [1.82, 2.24) is 9.78 Å². The molecule has 2 rings (SSSR count). The molecule has 20 heavy (non-hydrogen) atoms. The Balaban J connectivity index is 2.15. The molecule has 0 bridgehead atoms. The summed E-state index contributed by atoms with van der Waals surface area (Å²) in [5, 5.41) is 4.46. The van der Waals surface area contributed by atoms with Crippen molar-refractivity contribution < 1.29 is 4.79 Å². The van der Waals surface area contributed by atoms with Crippen LogP contribution in [0.1, 0.15) is 47.9 Å². The normalized spacial score (nSPS) is 12.3. The van der Waals surface area contributed by atoms with Crippen LogP contribution in [0.2, 0.25) is 0 Å². The number of nitrogen functional groups attached to an aromatic ring is 1. The van der Waals surface area contributed by atoms with E-state index in [4.69, 9.17) is 5.73 Å². The molecule has 0 aliphatic heterocycles. The number of benzene rings is 1. The Kier molecular flexibility index (Phi) is 4.23. The Labute approximate surface area is 119 Å². The fraction of sp³-hybridized carbons (Fsp3) is 0.375. The van der Waals surface area contributed by atoms with Crippen molar-refractivity contribution in [3.05, 3.63) is 47.3 Å². The molecule has 0 fully saturated rings. The molecule has 1 aromatic carbocycles. The minimum atomic E-state index is 0.0594. The van der Waals surface area contributed by atoms with Gasteiger partial charge in [0.2, 0.25) is 0 Å². The third kappa shape index (κ3) is 2.90.